The monoisotopic (exact) mass is 482 g/mol. The van der Waals surface area contributed by atoms with Crippen LogP contribution in [-0.2, 0) is 9.53 Å². The standard InChI is InChI=1S/C31H36N3O2/c1-6-36-30(35)8-7-20-34-21-19-25-22-26(13-18-29(25)34)31(23-9-14-27(15-10-23)32(2)3)24-11-16-28(17-12-24)33(4)5/h9-19,21-22H,6-8,20H2,1-5H3/q+1. The van der Waals surface area contributed by atoms with Gasteiger partial charge in [-0.3, -0.25) is 4.79 Å². The molecule has 1 aliphatic heterocycles. The summed E-state index contributed by atoms with van der Waals surface area (Å²) in [5, 5.41) is 2.36. The predicted molar refractivity (Wildman–Crippen MR) is 150 cm³/mol. The van der Waals surface area contributed by atoms with Crippen LogP contribution in [0.5, 0.6) is 0 Å². The van der Waals surface area contributed by atoms with Gasteiger partial charge in [-0.1, -0.05) is 24.3 Å². The van der Waals surface area contributed by atoms with Gasteiger partial charge >= 0.3 is 5.97 Å². The largest absolute Gasteiger partial charge is 0.466 e. The maximum absolute atomic E-state index is 11.7. The summed E-state index contributed by atoms with van der Waals surface area (Å²) in [6.07, 6.45) is 5.47. The van der Waals surface area contributed by atoms with Crippen molar-refractivity contribution in [2.75, 3.05) is 51.1 Å². The Balaban J connectivity index is 1.76. The number of nitrogens with zero attached hydrogens (tertiary/aromatic N) is 3. The van der Waals surface area contributed by atoms with Crippen LogP contribution in [0.2, 0.25) is 0 Å². The third-order valence-electron chi connectivity index (χ3n) is 6.49. The normalized spacial score (nSPS) is 11.9. The number of hydrogen-bond acceptors (Lipinski definition) is 4. The highest BCUT2D eigenvalue weighted by molar-refractivity contribution is 5.81. The van der Waals surface area contributed by atoms with Gasteiger partial charge in [0.25, 0.3) is 0 Å². The van der Waals surface area contributed by atoms with Crippen LogP contribution in [0.1, 0.15) is 36.5 Å². The molecule has 0 saturated carbocycles. The molecule has 0 saturated heterocycles. The first-order valence-electron chi connectivity index (χ1n) is 12.5. The molecule has 5 heteroatoms. The molecule has 0 N–H and O–H groups in total. The van der Waals surface area contributed by atoms with E-state index in [9.17, 15) is 4.79 Å². The molecule has 0 bridgehead atoms. The number of ether oxygens (including phenoxy) is 1. The van der Waals surface area contributed by atoms with Crippen LogP contribution in [0.15, 0.2) is 72.9 Å². The highest BCUT2D eigenvalue weighted by atomic mass is 16.5. The van der Waals surface area contributed by atoms with Gasteiger partial charge in [0.05, 0.1) is 18.6 Å². The average Bonchev–Trinajstić information content (AvgIpc) is 3.27. The van der Waals surface area contributed by atoms with Gasteiger partial charge in [0.15, 0.2) is 6.20 Å². The second kappa shape index (κ2) is 11.3. The van der Waals surface area contributed by atoms with E-state index in [4.69, 9.17) is 4.74 Å². The van der Waals surface area contributed by atoms with E-state index in [2.05, 4.69) is 122 Å². The minimum absolute atomic E-state index is 0.129. The lowest BCUT2D eigenvalue weighted by Gasteiger charge is -2.16. The maximum atomic E-state index is 11.7. The number of rotatable bonds is 9. The first kappa shape index (κ1) is 25.2. The van der Waals surface area contributed by atoms with Crippen molar-refractivity contribution < 1.29 is 9.53 Å². The van der Waals surface area contributed by atoms with E-state index < -0.39 is 0 Å². The number of carbonyl (C=O) groups is 1. The van der Waals surface area contributed by atoms with Crippen molar-refractivity contribution in [3.8, 4) is 0 Å². The quantitative estimate of drug-likeness (QED) is 0.343. The zero-order chi connectivity index (χ0) is 25.7. The Bertz CT molecular complexity index is 1320. The van der Waals surface area contributed by atoms with Crippen LogP contribution < -0.4 is 25.0 Å². The van der Waals surface area contributed by atoms with E-state index in [-0.39, 0.29) is 5.97 Å². The van der Waals surface area contributed by atoms with Crippen molar-refractivity contribution in [2.24, 2.45) is 0 Å². The number of fused-ring (bicyclic) bond motifs is 1. The fourth-order valence-corrected chi connectivity index (χ4v) is 4.53. The summed E-state index contributed by atoms with van der Waals surface area (Å²) < 4.78 is 7.28. The fraction of sp³-hybridized carbons (Fsp3) is 0.290. The summed E-state index contributed by atoms with van der Waals surface area (Å²) in [5.41, 5.74) is 7.13. The summed E-state index contributed by atoms with van der Waals surface area (Å²) in [6, 6.07) is 24.2. The van der Waals surface area contributed by atoms with Gasteiger partial charge in [-0.2, -0.15) is 4.58 Å². The number of benzene rings is 3. The lowest BCUT2D eigenvalue weighted by Crippen LogP contribution is -2.26. The molecule has 0 amide bonds. The molecule has 4 rings (SSSR count). The third-order valence-corrected chi connectivity index (χ3v) is 6.49. The van der Waals surface area contributed by atoms with Crippen LogP contribution in [0.3, 0.4) is 0 Å². The third kappa shape index (κ3) is 5.68. The van der Waals surface area contributed by atoms with Crippen LogP contribution in [0.4, 0.5) is 11.4 Å². The molecule has 186 valence electrons. The maximum Gasteiger partial charge on any atom is 0.306 e. The van der Waals surface area contributed by atoms with Crippen LogP contribution in [0, 0.1) is 0 Å². The Labute approximate surface area is 214 Å². The predicted octanol–water partition coefficient (Wildman–Crippen LogP) is 3.88. The van der Waals surface area contributed by atoms with Crippen molar-refractivity contribution in [1.82, 2.24) is 4.58 Å². The Morgan fingerprint density at radius 2 is 1.42 bits per heavy atom. The van der Waals surface area contributed by atoms with Crippen molar-refractivity contribution in [3.63, 3.8) is 0 Å². The van der Waals surface area contributed by atoms with E-state index in [0.29, 0.717) is 13.0 Å². The molecule has 0 radical (unpaired) electrons. The van der Waals surface area contributed by atoms with Crippen LogP contribution in [-0.4, -0.2) is 47.3 Å². The number of esters is 1. The number of hydrogen-bond donors (Lipinski definition) is 0. The van der Waals surface area contributed by atoms with E-state index in [1.54, 1.807) is 0 Å². The van der Waals surface area contributed by atoms with Gasteiger partial charge in [-0.15, -0.1) is 0 Å². The molecule has 36 heavy (non-hydrogen) atoms. The minimum Gasteiger partial charge on any atom is -0.466 e. The first-order chi connectivity index (χ1) is 17.4. The van der Waals surface area contributed by atoms with Gasteiger partial charge in [-0.25, -0.2) is 0 Å². The Kier molecular flexibility index (Phi) is 7.89. The average molecular weight is 483 g/mol. The van der Waals surface area contributed by atoms with Crippen LogP contribution >= 0.6 is 0 Å². The van der Waals surface area contributed by atoms with Gasteiger partial charge in [-0.05, 0) is 65.2 Å². The summed E-state index contributed by atoms with van der Waals surface area (Å²) in [6.45, 7) is 3.06. The molecule has 0 atom stereocenters. The number of anilines is 2. The van der Waals surface area contributed by atoms with Gasteiger partial charge in [0.1, 0.15) is 6.54 Å². The molecular weight excluding hydrogens is 446 g/mol. The molecule has 1 heterocycles. The Hall–Kier alpha value is -3.86. The van der Waals surface area contributed by atoms with Crippen molar-refractivity contribution in [1.29, 1.82) is 0 Å². The zero-order valence-corrected chi connectivity index (χ0v) is 22.0. The second-order valence-corrected chi connectivity index (χ2v) is 9.45. The fourth-order valence-electron chi connectivity index (χ4n) is 4.53. The Morgan fingerprint density at radius 1 is 0.833 bits per heavy atom. The highest BCUT2D eigenvalue weighted by Crippen LogP contribution is 2.25. The van der Waals surface area contributed by atoms with E-state index in [0.717, 1.165) is 13.0 Å². The number of carbonyl (C=O) groups excluding carboxylic acids is 1. The molecule has 5 nitrogen and oxygen atoms in total. The summed E-state index contributed by atoms with van der Waals surface area (Å²) in [5.74, 6) is -0.129. The van der Waals surface area contributed by atoms with E-state index in [1.165, 1.54) is 44.2 Å². The topological polar surface area (TPSA) is 35.8 Å². The molecule has 0 fully saturated rings. The molecular formula is C31H36N3O2+. The van der Waals surface area contributed by atoms with Crippen LogP contribution in [0.25, 0.3) is 11.6 Å². The highest BCUT2D eigenvalue weighted by Gasteiger charge is 2.15. The van der Waals surface area contributed by atoms with Crippen molar-refractivity contribution in [3.05, 3.63) is 100 Å². The Morgan fingerprint density at radius 3 is 1.94 bits per heavy atom. The zero-order valence-electron chi connectivity index (χ0n) is 22.0. The SMILES string of the molecule is CCOC(=O)CCC[N+]1=c2ccc(=C(c3ccc(N(C)C)cc3)c3ccc(N(C)C)cc3)cc2C=C1. The van der Waals surface area contributed by atoms with E-state index in [1.807, 2.05) is 6.92 Å². The molecule has 1 aliphatic rings. The molecule has 3 aromatic carbocycles. The van der Waals surface area contributed by atoms with Gasteiger partial charge in [0, 0.05) is 58.1 Å². The molecule has 3 aromatic rings. The van der Waals surface area contributed by atoms with Crippen molar-refractivity contribution >= 4 is 29.0 Å². The lowest BCUT2D eigenvalue weighted by molar-refractivity contribution is -0.143. The summed E-state index contributed by atoms with van der Waals surface area (Å²) >= 11 is 0. The van der Waals surface area contributed by atoms with E-state index >= 15 is 0 Å². The minimum atomic E-state index is -0.129. The molecule has 0 spiro atoms. The molecule has 0 aliphatic carbocycles. The second-order valence-electron chi connectivity index (χ2n) is 9.45. The summed E-state index contributed by atoms with van der Waals surface area (Å²) in [4.78, 5) is 15.9. The summed E-state index contributed by atoms with van der Waals surface area (Å²) in [7, 11) is 8.24. The lowest BCUT2D eigenvalue weighted by atomic mass is 9.94. The smallest absolute Gasteiger partial charge is 0.306 e. The molecule has 0 aromatic heterocycles. The first-order valence-corrected chi connectivity index (χ1v) is 12.5. The van der Waals surface area contributed by atoms with Gasteiger partial charge in [0.2, 0.25) is 5.36 Å². The van der Waals surface area contributed by atoms with Gasteiger partial charge < -0.3 is 14.5 Å². The van der Waals surface area contributed by atoms with Crippen molar-refractivity contribution in [2.45, 2.75) is 19.8 Å². The molecule has 0 unspecified atom stereocenters.